The fourth-order valence-corrected chi connectivity index (χ4v) is 3.50. The highest BCUT2D eigenvalue weighted by Gasteiger charge is 2.30. The number of rotatable bonds is 3. The second-order valence-corrected chi connectivity index (χ2v) is 5.68. The fourth-order valence-electron chi connectivity index (χ4n) is 2.19. The van der Waals surface area contributed by atoms with Crippen molar-refractivity contribution in [3.63, 3.8) is 0 Å². The molecule has 0 N–H and O–H groups in total. The number of hydrogen-bond acceptors (Lipinski definition) is 4. The predicted octanol–water partition coefficient (Wildman–Crippen LogP) is 2.86. The summed E-state index contributed by atoms with van der Waals surface area (Å²) in [7, 11) is 1.36. The van der Waals surface area contributed by atoms with E-state index in [-0.39, 0.29) is 17.7 Å². The Morgan fingerprint density at radius 2 is 2.00 bits per heavy atom. The number of Topliss-reactive ketones (excluding diaryl/α,β-unsaturated/α-hetero) is 1. The molecule has 0 bridgehead atoms. The van der Waals surface area contributed by atoms with Crippen molar-refractivity contribution in [3.8, 4) is 0 Å². The molecule has 2 rings (SSSR count). The van der Waals surface area contributed by atoms with Crippen LogP contribution in [0.3, 0.4) is 0 Å². The number of ketones is 1. The van der Waals surface area contributed by atoms with Gasteiger partial charge in [-0.3, -0.25) is 4.79 Å². The molecule has 0 saturated carbocycles. The van der Waals surface area contributed by atoms with E-state index in [0.29, 0.717) is 10.4 Å². The summed E-state index contributed by atoms with van der Waals surface area (Å²) < 4.78 is 4.76. The average molecular weight is 252 g/mol. The van der Waals surface area contributed by atoms with E-state index >= 15 is 0 Å². The molecular weight excluding hydrogens is 236 g/mol. The van der Waals surface area contributed by atoms with Gasteiger partial charge in [0.25, 0.3) is 0 Å². The van der Waals surface area contributed by atoms with E-state index in [0.717, 1.165) is 24.8 Å². The van der Waals surface area contributed by atoms with Crippen molar-refractivity contribution in [2.24, 2.45) is 5.92 Å². The Hall–Kier alpha value is -1.16. The molecule has 0 spiro atoms. The van der Waals surface area contributed by atoms with E-state index in [4.69, 9.17) is 4.74 Å². The Morgan fingerprint density at radius 1 is 1.29 bits per heavy atom. The van der Waals surface area contributed by atoms with Crippen molar-refractivity contribution in [3.05, 3.63) is 20.9 Å². The summed E-state index contributed by atoms with van der Waals surface area (Å²) in [5.74, 6) is -0.407. The van der Waals surface area contributed by atoms with Gasteiger partial charge in [0.2, 0.25) is 0 Å². The number of carbonyl (C=O) groups is 2. The van der Waals surface area contributed by atoms with E-state index in [9.17, 15) is 9.59 Å². The van der Waals surface area contributed by atoms with Crippen LogP contribution in [0.2, 0.25) is 0 Å². The van der Waals surface area contributed by atoms with Gasteiger partial charge in [-0.25, -0.2) is 4.79 Å². The van der Waals surface area contributed by atoms with Gasteiger partial charge in [-0.05, 0) is 24.8 Å². The SMILES string of the molecule is COC(=O)c1sc2c(c1C(=O)C(C)C)CCC2. The molecule has 17 heavy (non-hydrogen) atoms. The van der Waals surface area contributed by atoms with Crippen LogP contribution in [0.4, 0.5) is 0 Å². The average Bonchev–Trinajstić information content (AvgIpc) is 2.86. The van der Waals surface area contributed by atoms with Gasteiger partial charge in [0.1, 0.15) is 4.88 Å². The van der Waals surface area contributed by atoms with Crippen molar-refractivity contribution in [1.29, 1.82) is 0 Å². The monoisotopic (exact) mass is 252 g/mol. The van der Waals surface area contributed by atoms with E-state index in [2.05, 4.69) is 0 Å². The summed E-state index contributed by atoms with van der Waals surface area (Å²) in [4.78, 5) is 25.6. The number of aryl methyl sites for hydroxylation is 1. The molecule has 0 atom stereocenters. The van der Waals surface area contributed by atoms with Crippen LogP contribution >= 0.6 is 11.3 Å². The Labute approximate surface area is 105 Å². The highest BCUT2D eigenvalue weighted by molar-refractivity contribution is 7.14. The topological polar surface area (TPSA) is 43.4 Å². The van der Waals surface area contributed by atoms with Crippen molar-refractivity contribution < 1.29 is 14.3 Å². The zero-order valence-corrected chi connectivity index (χ0v) is 11.1. The lowest BCUT2D eigenvalue weighted by Gasteiger charge is -2.07. The van der Waals surface area contributed by atoms with Crippen LogP contribution in [0.5, 0.6) is 0 Å². The first kappa shape index (κ1) is 12.3. The highest BCUT2D eigenvalue weighted by Crippen LogP contribution is 2.37. The summed E-state index contributed by atoms with van der Waals surface area (Å²) in [6.45, 7) is 3.73. The van der Waals surface area contributed by atoms with Gasteiger partial charge in [0.05, 0.1) is 7.11 Å². The first-order chi connectivity index (χ1) is 8.06. The fraction of sp³-hybridized carbons (Fsp3) is 0.538. The third kappa shape index (κ3) is 2.02. The summed E-state index contributed by atoms with van der Waals surface area (Å²) >= 11 is 1.43. The quantitative estimate of drug-likeness (QED) is 0.613. The summed E-state index contributed by atoms with van der Waals surface area (Å²) in [6.07, 6.45) is 2.98. The minimum Gasteiger partial charge on any atom is -0.465 e. The summed E-state index contributed by atoms with van der Waals surface area (Å²) in [6, 6.07) is 0. The summed E-state index contributed by atoms with van der Waals surface area (Å²) in [5, 5.41) is 0. The largest absolute Gasteiger partial charge is 0.465 e. The molecule has 0 fully saturated rings. The molecule has 92 valence electrons. The molecule has 1 heterocycles. The molecule has 1 aromatic heterocycles. The molecule has 1 aliphatic rings. The molecular formula is C13H16O3S. The van der Waals surface area contributed by atoms with E-state index in [1.165, 1.54) is 23.3 Å². The van der Waals surface area contributed by atoms with Crippen LogP contribution in [-0.2, 0) is 17.6 Å². The second-order valence-electron chi connectivity index (χ2n) is 4.57. The standard InChI is InChI=1S/C13H16O3S/c1-7(2)11(14)10-8-5-4-6-9(8)17-12(10)13(15)16-3/h7H,4-6H2,1-3H3. The van der Waals surface area contributed by atoms with Gasteiger partial charge in [0.15, 0.2) is 5.78 Å². The Kier molecular flexibility index (Phi) is 3.33. The molecule has 4 heteroatoms. The smallest absolute Gasteiger partial charge is 0.348 e. The lowest BCUT2D eigenvalue weighted by Crippen LogP contribution is -2.13. The van der Waals surface area contributed by atoms with E-state index in [1.807, 2.05) is 13.8 Å². The van der Waals surface area contributed by atoms with Crippen LogP contribution < -0.4 is 0 Å². The molecule has 0 amide bonds. The molecule has 1 aliphatic carbocycles. The zero-order valence-electron chi connectivity index (χ0n) is 10.3. The first-order valence-corrected chi connectivity index (χ1v) is 6.65. The van der Waals surface area contributed by atoms with Gasteiger partial charge in [-0.15, -0.1) is 11.3 Å². The number of hydrogen-bond donors (Lipinski definition) is 0. The number of thiophene rings is 1. The number of fused-ring (bicyclic) bond motifs is 1. The molecule has 0 aromatic carbocycles. The van der Waals surface area contributed by atoms with E-state index < -0.39 is 0 Å². The van der Waals surface area contributed by atoms with E-state index in [1.54, 1.807) is 0 Å². The maximum Gasteiger partial charge on any atom is 0.348 e. The van der Waals surface area contributed by atoms with Crippen LogP contribution in [0, 0.1) is 5.92 Å². The van der Waals surface area contributed by atoms with Crippen LogP contribution in [0.15, 0.2) is 0 Å². The maximum atomic E-state index is 12.2. The van der Waals surface area contributed by atoms with Crippen LogP contribution in [0.1, 0.15) is 50.7 Å². The predicted molar refractivity (Wildman–Crippen MR) is 66.9 cm³/mol. The Bertz CT molecular complexity index is 471. The Balaban J connectivity index is 2.53. The van der Waals surface area contributed by atoms with Crippen molar-refractivity contribution >= 4 is 23.1 Å². The lowest BCUT2D eigenvalue weighted by atomic mass is 9.97. The number of methoxy groups -OCH3 is 1. The maximum absolute atomic E-state index is 12.2. The third-order valence-electron chi connectivity index (χ3n) is 3.06. The molecule has 0 aliphatic heterocycles. The van der Waals surface area contributed by atoms with Crippen LogP contribution in [0.25, 0.3) is 0 Å². The minimum absolute atomic E-state index is 0.0600. The number of esters is 1. The van der Waals surface area contributed by atoms with Crippen LogP contribution in [-0.4, -0.2) is 18.9 Å². The molecule has 1 aromatic rings. The van der Waals surface area contributed by atoms with Gasteiger partial charge < -0.3 is 4.74 Å². The number of carbonyl (C=O) groups excluding carboxylic acids is 2. The molecule has 0 unspecified atom stereocenters. The van der Waals surface area contributed by atoms with Gasteiger partial charge in [-0.1, -0.05) is 13.8 Å². The van der Waals surface area contributed by atoms with Gasteiger partial charge in [0, 0.05) is 16.4 Å². The Morgan fingerprint density at radius 3 is 2.59 bits per heavy atom. The first-order valence-electron chi connectivity index (χ1n) is 5.83. The zero-order chi connectivity index (χ0) is 12.6. The van der Waals surface area contributed by atoms with Gasteiger partial charge >= 0.3 is 5.97 Å². The second kappa shape index (κ2) is 4.61. The van der Waals surface area contributed by atoms with Crippen molar-refractivity contribution in [1.82, 2.24) is 0 Å². The highest BCUT2D eigenvalue weighted by atomic mass is 32.1. The normalized spacial score (nSPS) is 13.9. The molecule has 3 nitrogen and oxygen atoms in total. The molecule has 0 radical (unpaired) electrons. The third-order valence-corrected chi connectivity index (χ3v) is 4.33. The van der Waals surface area contributed by atoms with Crippen molar-refractivity contribution in [2.75, 3.05) is 7.11 Å². The molecule has 0 saturated heterocycles. The summed E-state index contributed by atoms with van der Waals surface area (Å²) in [5.41, 5.74) is 1.72. The lowest BCUT2D eigenvalue weighted by molar-refractivity contribution is 0.0602. The van der Waals surface area contributed by atoms with Crippen molar-refractivity contribution in [2.45, 2.75) is 33.1 Å². The minimum atomic E-state index is -0.381. The number of ether oxygens (including phenoxy) is 1. The van der Waals surface area contributed by atoms with Gasteiger partial charge in [-0.2, -0.15) is 0 Å².